The number of aromatic nitrogens is 1. The number of thiazole rings is 1. The Kier molecular flexibility index (Phi) is 6.07. The van der Waals surface area contributed by atoms with E-state index in [0.717, 1.165) is 43.4 Å². The van der Waals surface area contributed by atoms with Crippen LogP contribution in [0.15, 0.2) is 66.2 Å². The van der Waals surface area contributed by atoms with Gasteiger partial charge in [-0.2, -0.15) is 0 Å². The second-order valence-corrected chi connectivity index (χ2v) is 9.25. The van der Waals surface area contributed by atoms with Gasteiger partial charge < -0.3 is 4.90 Å². The molecule has 0 radical (unpaired) electrons. The van der Waals surface area contributed by atoms with E-state index in [4.69, 9.17) is 0 Å². The highest BCUT2D eigenvalue weighted by atomic mass is 32.1. The summed E-state index contributed by atoms with van der Waals surface area (Å²) in [7, 11) is 0. The van der Waals surface area contributed by atoms with Crippen molar-refractivity contribution in [2.75, 3.05) is 37.6 Å². The Morgan fingerprint density at radius 1 is 1.00 bits per heavy atom. The van der Waals surface area contributed by atoms with Crippen LogP contribution >= 0.6 is 11.3 Å². The molecule has 33 heavy (non-hydrogen) atoms. The Balaban J connectivity index is 1.28. The van der Waals surface area contributed by atoms with E-state index in [1.54, 1.807) is 12.3 Å². The van der Waals surface area contributed by atoms with Crippen molar-refractivity contribution >= 4 is 34.9 Å². The Hall–Kier alpha value is -3.29. The van der Waals surface area contributed by atoms with E-state index in [0.29, 0.717) is 11.1 Å². The number of carbonyl (C=O) groups is 2. The lowest BCUT2D eigenvalue weighted by molar-refractivity contribution is 0.0595. The Bertz CT molecular complexity index is 1170. The van der Waals surface area contributed by atoms with Crippen LogP contribution in [0, 0.1) is 0 Å². The minimum Gasteiger partial charge on any atom is -0.368 e. The van der Waals surface area contributed by atoms with Gasteiger partial charge in [-0.3, -0.25) is 19.4 Å². The highest BCUT2D eigenvalue weighted by Gasteiger charge is 2.42. The number of nitrogens with zero attached hydrogens (tertiary/aromatic N) is 4. The first-order valence-electron chi connectivity index (χ1n) is 11.2. The van der Waals surface area contributed by atoms with E-state index < -0.39 is 0 Å². The number of amides is 2. The number of anilines is 1. The van der Waals surface area contributed by atoms with Crippen LogP contribution in [0.4, 0.5) is 5.69 Å². The summed E-state index contributed by atoms with van der Waals surface area (Å²) < 4.78 is 0. The number of hydrogen-bond donors (Lipinski definition) is 0. The van der Waals surface area contributed by atoms with Gasteiger partial charge in [-0.1, -0.05) is 48.6 Å². The van der Waals surface area contributed by atoms with Crippen molar-refractivity contribution in [3.05, 3.63) is 87.9 Å². The van der Waals surface area contributed by atoms with Gasteiger partial charge in [-0.25, -0.2) is 4.98 Å². The summed E-state index contributed by atoms with van der Waals surface area (Å²) >= 11 is 1.46. The van der Waals surface area contributed by atoms with Gasteiger partial charge in [0.15, 0.2) is 0 Å². The summed E-state index contributed by atoms with van der Waals surface area (Å²) in [5, 5.41) is 2.63. The van der Waals surface area contributed by atoms with Gasteiger partial charge in [0.25, 0.3) is 11.8 Å². The van der Waals surface area contributed by atoms with Gasteiger partial charge in [-0.15, -0.1) is 11.3 Å². The SMILES string of the molecule is CC(c1nccs1)N1C(=O)c2cccc(N3CCN(CC=Cc4ccccc4)CC3)c2C1=O. The molecule has 2 aliphatic heterocycles. The van der Waals surface area contributed by atoms with Crippen LogP contribution in [-0.4, -0.2) is 59.3 Å². The minimum absolute atomic E-state index is 0.221. The van der Waals surface area contributed by atoms with Crippen LogP contribution in [0.1, 0.15) is 44.3 Å². The Morgan fingerprint density at radius 2 is 1.79 bits per heavy atom. The second kappa shape index (κ2) is 9.29. The minimum atomic E-state index is -0.376. The molecule has 0 saturated carbocycles. The summed E-state index contributed by atoms with van der Waals surface area (Å²) in [6.45, 7) is 6.21. The highest BCUT2D eigenvalue weighted by Crippen LogP contribution is 2.37. The third-order valence-electron chi connectivity index (χ3n) is 6.31. The van der Waals surface area contributed by atoms with Crippen LogP contribution in [0.25, 0.3) is 6.08 Å². The lowest BCUT2D eigenvalue weighted by atomic mass is 10.1. The first-order chi connectivity index (χ1) is 16.1. The smallest absolute Gasteiger partial charge is 0.264 e. The van der Waals surface area contributed by atoms with Gasteiger partial charge in [0, 0.05) is 44.3 Å². The molecular weight excluding hydrogens is 432 g/mol. The fourth-order valence-electron chi connectivity index (χ4n) is 4.53. The molecule has 1 unspecified atom stereocenters. The molecular formula is C26H26N4O2S. The van der Waals surface area contributed by atoms with Crippen LogP contribution in [-0.2, 0) is 0 Å². The predicted molar refractivity (Wildman–Crippen MR) is 132 cm³/mol. The Labute approximate surface area is 197 Å². The first-order valence-corrected chi connectivity index (χ1v) is 12.1. The molecule has 3 aromatic rings. The maximum absolute atomic E-state index is 13.4. The summed E-state index contributed by atoms with van der Waals surface area (Å²) in [5.41, 5.74) is 3.09. The highest BCUT2D eigenvalue weighted by molar-refractivity contribution is 7.09. The average Bonchev–Trinajstić information content (AvgIpc) is 3.47. The summed E-state index contributed by atoms with van der Waals surface area (Å²) in [4.78, 5) is 36.8. The fourth-order valence-corrected chi connectivity index (χ4v) is 5.21. The van der Waals surface area contributed by atoms with Crippen molar-refractivity contribution in [3.8, 4) is 0 Å². The zero-order valence-corrected chi connectivity index (χ0v) is 19.4. The number of benzene rings is 2. The summed E-state index contributed by atoms with van der Waals surface area (Å²) in [6.07, 6.45) is 6.05. The first kappa shape index (κ1) is 21.6. The van der Waals surface area contributed by atoms with Crippen molar-refractivity contribution < 1.29 is 9.59 Å². The molecule has 2 aliphatic rings. The van der Waals surface area contributed by atoms with Gasteiger partial charge >= 0.3 is 0 Å². The molecule has 3 heterocycles. The summed E-state index contributed by atoms with van der Waals surface area (Å²) in [6, 6.07) is 15.5. The van der Waals surface area contributed by atoms with E-state index in [1.807, 2.05) is 42.6 Å². The molecule has 5 rings (SSSR count). The molecule has 1 atom stereocenters. The molecule has 1 saturated heterocycles. The predicted octanol–water partition coefficient (Wildman–Crippen LogP) is 4.34. The van der Waals surface area contributed by atoms with Crippen LogP contribution in [0.3, 0.4) is 0 Å². The lowest BCUT2D eigenvalue weighted by Crippen LogP contribution is -2.46. The van der Waals surface area contributed by atoms with E-state index in [1.165, 1.54) is 21.8 Å². The second-order valence-electron chi connectivity index (χ2n) is 8.33. The van der Waals surface area contributed by atoms with Gasteiger partial charge in [0.1, 0.15) is 5.01 Å². The molecule has 6 nitrogen and oxygen atoms in total. The maximum atomic E-state index is 13.4. The fraction of sp³-hybridized carbons (Fsp3) is 0.269. The van der Waals surface area contributed by atoms with Crippen LogP contribution < -0.4 is 4.90 Å². The number of rotatable bonds is 6. The number of carbonyl (C=O) groups excluding carboxylic acids is 2. The van der Waals surface area contributed by atoms with Crippen molar-refractivity contribution in [1.82, 2.24) is 14.8 Å². The van der Waals surface area contributed by atoms with Crippen molar-refractivity contribution in [2.45, 2.75) is 13.0 Å². The standard InChI is InChI=1S/C26H26N4O2S/c1-19(24-27-12-18-33-24)30-25(31)21-10-5-11-22(23(21)26(30)32)29-16-14-28(15-17-29)13-6-9-20-7-3-2-4-8-20/h2-12,18-19H,13-17H2,1H3. The van der Waals surface area contributed by atoms with E-state index in [2.05, 4.69) is 39.1 Å². The number of imide groups is 1. The molecule has 2 aromatic carbocycles. The third-order valence-corrected chi connectivity index (χ3v) is 7.25. The molecule has 0 bridgehead atoms. The average molecular weight is 459 g/mol. The topological polar surface area (TPSA) is 56.8 Å². The lowest BCUT2D eigenvalue weighted by Gasteiger charge is -2.36. The third kappa shape index (κ3) is 4.21. The number of fused-ring (bicyclic) bond motifs is 1. The van der Waals surface area contributed by atoms with Gasteiger partial charge in [0.2, 0.25) is 0 Å². The molecule has 0 spiro atoms. The van der Waals surface area contributed by atoms with Crippen LogP contribution in [0.2, 0.25) is 0 Å². The molecule has 7 heteroatoms. The van der Waals surface area contributed by atoms with Gasteiger partial charge in [-0.05, 0) is 24.6 Å². The molecule has 1 fully saturated rings. The maximum Gasteiger partial charge on any atom is 0.264 e. The van der Waals surface area contributed by atoms with Crippen molar-refractivity contribution in [2.24, 2.45) is 0 Å². The summed E-state index contributed by atoms with van der Waals surface area (Å²) in [5.74, 6) is -0.453. The molecule has 1 aromatic heterocycles. The number of hydrogen-bond acceptors (Lipinski definition) is 6. The molecule has 0 aliphatic carbocycles. The van der Waals surface area contributed by atoms with Crippen molar-refractivity contribution in [3.63, 3.8) is 0 Å². The molecule has 0 N–H and O–H groups in total. The van der Waals surface area contributed by atoms with Crippen LogP contribution in [0.5, 0.6) is 0 Å². The zero-order chi connectivity index (χ0) is 22.8. The zero-order valence-electron chi connectivity index (χ0n) is 18.6. The molecule has 168 valence electrons. The van der Waals surface area contributed by atoms with E-state index in [-0.39, 0.29) is 17.9 Å². The van der Waals surface area contributed by atoms with E-state index in [9.17, 15) is 9.59 Å². The van der Waals surface area contributed by atoms with E-state index >= 15 is 0 Å². The molecule has 2 amide bonds. The quantitative estimate of drug-likeness (QED) is 0.515. The van der Waals surface area contributed by atoms with Gasteiger partial charge in [0.05, 0.1) is 22.9 Å². The largest absolute Gasteiger partial charge is 0.368 e. The normalized spacial score (nSPS) is 17.7. The Morgan fingerprint density at radius 3 is 2.52 bits per heavy atom. The number of piperazine rings is 1. The van der Waals surface area contributed by atoms with Crippen molar-refractivity contribution in [1.29, 1.82) is 0 Å². The monoisotopic (exact) mass is 458 g/mol.